The Morgan fingerprint density at radius 3 is 2.44 bits per heavy atom. The van der Waals surface area contributed by atoms with E-state index < -0.39 is 0 Å². The lowest BCUT2D eigenvalue weighted by atomic mass is 10.1. The number of rotatable bonds is 3. The van der Waals surface area contributed by atoms with Gasteiger partial charge in [-0.05, 0) is 61.0 Å². The fourth-order valence-corrected chi connectivity index (χ4v) is 3.21. The van der Waals surface area contributed by atoms with Crippen LogP contribution in [0, 0.1) is 6.92 Å². The van der Waals surface area contributed by atoms with Crippen LogP contribution in [0.15, 0.2) is 88.2 Å². The average molecular weight is 418 g/mol. The van der Waals surface area contributed by atoms with Gasteiger partial charge in [-0.2, -0.15) is 0 Å². The quantitative estimate of drug-likeness (QED) is 0.563. The van der Waals surface area contributed by atoms with E-state index in [0.717, 1.165) is 26.9 Å². The number of halogens is 1. The van der Waals surface area contributed by atoms with Gasteiger partial charge in [0.2, 0.25) is 0 Å². The number of carbonyl (C=O) groups is 1. The van der Waals surface area contributed by atoms with Crippen LogP contribution in [0.3, 0.4) is 0 Å². The van der Waals surface area contributed by atoms with Gasteiger partial charge in [0.05, 0.1) is 5.69 Å². The number of amides is 1. The molecule has 0 saturated heterocycles. The van der Waals surface area contributed by atoms with Crippen molar-refractivity contribution in [3.05, 3.63) is 99.9 Å². The Labute approximate surface area is 166 Å². The van der Waals surface area contributed by atoms with E-state index >= 15 is 0 Å². The van der Waals surface area contributed by atoms with Crippen molar-refractivity contribution in [1.29, 1.82) is 0 Å². The molecule has 2 heterocycles. The zero-order valence-corrected chi connectivity index (χ0v) is 16.2. The predicted molar refractivity (Wildman–Crippen MR) is 112 cm³/mol. The van der Waals surface area contributed by atoms with Crippen molar-refractivity contribution in [1.82, 2.24) is 4.98 Å². The van der Waals surface area contributed by atoms with E-state index in [9.17, 15) is 4.79 Å². The molecule has 4 nitrogen and oxygen atoms in total. The van der Waals surface area contributed by atoms with E-state index in [1.165, 1.54) is 0 Å². The van der Waals surface area contributed by atoms with Crippen LogP contribution in [0.1, 0.15) is 16.7 Å². The SMILES string of the molecule is Cc1cccc(C2=N/C(=C/c3ccncc3)C(=O)N2c2ccc(Br)cc2)c1. The molecule has 4 rings (SSSR count). The van der Waals surface area contributed by atoms with Crippen LogP contribution in [0.4, 0.5) is 5.69 Å². The molecule has 0 atom stereocenters. The summed E-state index contributed by atoms with van der Waals surface area (Å²) in [6.07, 6.45) is 5.19. The maximum absolute atomic E-state index is 13.2. The molecule has 0 fully saturated rings. The highest BCUT2D eigenvalue weighted by Crippen LogP contribution is 2.29. The van der Waals surface area contributed by atoms with Crippen LogP contribution in [-0.2, 0) is 4.79 Å². The summed E-state index contributed by atoms with van der Waals surface area (Å²) in [4.78, 5) is 23.5. The van der Waals surface area contributed by atoms with E-state index in [2.05, 4.69) is 25.9 Å². The molecule has 0 N–H and O–H groups in total. The first-order valence-electron chi connectivity index (χ1n) is 8.49. The molecule has 0 spiro atoms. The topological polar surface area (TPSA) is 45.6 Å². The Balaban J connectivity index is 1.84. The molecule has 1 aliphatic heterocycles. The number of nitrogens with zero attached hydrogens (tertiary/aromatic N) is 3. The Morgan fingerprint density at radius 2 is 1.74 bits per heavy atom. The molecule has 1 amide bonds. The summed E-state index contributed by atoms with van der Waals surface area (Å²) >= 11 is 3.44. The van der Waals surface area contributed by atoms with Crippen molar-refractivity contribution >= 4 is 39.4 Å². The van der Waals surface area contributed by atoms with Gasteiger partial charge in [0.1, 0.15) is 11.5 Å². The third-order valence-corrected chi connectivity index (χ3v) is 4.76. The first-order valence-corrected chi connectivity index (χ1v) is 9.28. The molecule has 0 bridgehead atoms. The minimum atomic E-state index is -0.148. The molecule has 2 aromatic carbocycles. The molecule has 0 aliphatic carbocycles. The second kappa shape index (κ2) is 7.29. The monoisotopic (exact) mass is 417 g/mol. The van der Waals surface area contributed by atoms with Crippen molar-refractivity contribution in [3.63, 3.8) is 0 Å². The van der Waals surface area contributed by atoms with Crippen LogP contribution in [0.2, 0.25) is 0 Å². The van der Waals surface area contributed by atoms with E-state index in [1.807, 2.05) is 67.6 Å². The lowest BCUT2D eigenvalue weighted by Gasteiger charge is -2.19. The summed E-state index contributed by atoms with van der Waals surface area (Å²) in [6.45, 7) is 2.03. The molecule has 27 heavy (non-hydrogen) atoms. The summed E-state index contributed by atoms with van der Waals surface area (Å²) in [7, 11) is 0. The van der Waals surface area contributed by atoms with Gasteiger partial charge in [-0.1, -0.05) is 39.7 Å². The van der Waals surface area contributed by atoms with Crippen molar-refractivity contribution in [2.45, 2.75) is 6.92 Å². The molecule has 0 unspecified atom stereocenters. The lowest BCUT2D eigenvalue weighted by Crippen LogP contribution is -2.32. The second-order valence-corrected chi connectivity index (χ2v) is 7.15. The van der Waals surface area contributed by atoms with Gasteiger partial charge < -0.3 is 0 Å². The van der Waals surface area contributed by atoms with E-state index in [1.54, 1.807) is 23.4 Å². The number of hydrogen-bond donors (Lipinski definition) is 0. The Bertz CT molecular complexity index is 1060. The van der Waals surface area contributed by atoms with Crippen molar-refractivity contribution in [2.24, 2.45) is 4.99 Å². The summed E-state index contributed by atoms with van der Waals surface area (Å²) in [5.41, 5.74) is 4.09. The number of pyridine rings is 1. The Morgan fingerprint density at radius 1 is 1.00 bits per heavy atom. The summed E-state index contributed by atoms with van der Waals surface area (Å²) in [6, 6.07) is 19.4. The first-order chi connectivity index (χ1) is 13.1. The van der Waals surface area contributed by atoms with Crippen LogP contribution in [-0.4, -0.2) is 16.7 Å². The van der Waals surface area contributed by atoms with Crippen molar-refractivity contribution in [2.75, 3.05) is 4.90 Å². The van der Waals surface area contributed by atoms with Crippen LogP contribution in [0.5, 0.6) is 0 Å². The first kappa shape index (κ1) is 17.4. The maximum atomic E-state index is 13.2. The minimum absolute atomic E-state index is 0.148. The molecular weight excluding hydrogens is 402 g/mol. The number of carbonyl (C=O) groups excluding carboxylic acids is 1. The van der Waals surface area contributed by atoms with Crippen LogP contribution in [0.25, 0.3) is 6.08 Å². The van der Waals surface area contributed by atoms with Gasteiger partial charge in [-0.15, -0.1) is 0 Å². The standard InChI is InChI=1S/C22H16BrN3O/c1-15-3-2-4-17(13-15)21-25-20(14-16-9-11-24-12-10-16)22(27)26(21)19-7-5-18(23)6-8-19/h2-14H,1H3/b20-14+. The molecule has 1 aromatic heterocycles. The number of aromatic nitrogens is 1. The zero-order valence-electron chi connectivity index (χ0n) is 14.6. The normalized spacial score (nSPS) is 15.3. The summed E-state index contributed by atoms with van der Waals surface area (Å²) in [5.74, 6) is 0.483. The molecule has 0 saturated carbocycles. The highest BCUT2D eigenvalue weighted by molar-refractivity contribution is 9.10. The third kappa shape index (κ3) is 3.59. The second-order valence-electron chi connectivity index (χ2n) is 6.23. The average Bonchev–Trinajstić information content (AvgIpc) is 3.00. The fourth-order valence-electron chi connectivity index (χ4n) is 2.94. The van der Waals surface area contributed by atoms with E-state index in [-0.39, 0.29) is 5.91 Å². The molecule has 1 aliphatic rings. The van der Waals surface area contributed by atoms with E-state index in [0.29, 0.717) is 11.5 Å². The zero-order chi connectivity index (χ0) is 18.8. The summed E-state index contributed by atoms with van der Waals surface area (Å²) in [5, 5.41) is 0. The van der Waals surface area contributed by atoms with Gasteiger partial charge in [-0.25, -0.2) is 4.99 Å². The third-order valence-electron chi connectivity index (χ3n) is 4.23. The number of aliphatic imine (C=N–C) groups is 1. The van der Waals surface area contributed by atoms with Gasteiger partial charge in [-0.3, -0.25) is 14.7 Å². The van der Waals surface area contributed by atoms with E-state index in [4.69, 9.17) is 0 Å². The number of hydrogen-bond acceptors (Lipinski definition) is 3. The fraction of sp³-hybridized carbons (Fsp3) is 0.0455. The molecule has 132 valence electrons. The number of anilines is 1. The largest absolute Gasteiger partial charge is 0.282 e. The number of amidine groups is 1. The van der Waals surface area contributed by atoms with Crippen molar-refractivity contribution in [3.8, 4) is 0 Å². The summed E-state index contributed by atoms with van der Waals surface area (Å²) < 4.78 is 0.958. The lowest BCUT2D eigenvalue weighted by molar-refractivity contribution is -0.113. The van der Waals surface area contributed by atoms with Gasteiger partial charge in [0.15, 0.2) is 0 Å². The molecular formula is C22H16BrN3O. The predicted octanol–water partition coefficient (Wildman–Crippen LogP) is 4.99. The highest BCUT2D eigenvalue weighted by atomic mass is 79.9. The smallest absolute Gasteiger partial charge is 0.266 e. The van der Waals surface area contributed by atoms with Crippen LogP contribution >= 0.6 is 15.9 Å². The maximum Gasteiger partial charge on any atom is 0.282 e. The van der Waals surface area contributed by atoms with Crippen LogP contribution < -0.4 is 4.90 Å². The Hall–Kier alpha value is -3.05. The molecule has 0 radical (unpaired) electrons. The number of aryl methyl sites for hydroxylation is 1. The van der Waals surface area contributed by atoms with Gasteiger partial charge in [0.25, 0.3) is 5.91 Å². The highest BCUT2D eigenvalue weighted by Gasteiger charge is 2.32. The number of benzene rings is 2. The van der Waals surface area contributed by atoms with Gasteiger partial charge in [0, 0.05) is 22.4 Å². The Kier molecular flexibility index (Phi) is 4.69. The van der Waals surface area contributed by atoms with Crippen molar-refractivity contribution < 1.29 is 4.79 Å². The minimum Gasteiger partial charge on any atom is -0.266 e. The van der Waals surface area contributed by atoms with Gasteiger partial charge >= 0.3 is 0 Å². The molecule has 3 aromatic rings. The molecule has 5 heteroatoms.